The zero-order valence-electron chi connectivity index (χ0n) is 16.0. The van der Waals surface area contributed by atoms with E-state index in [1.54, 1.807) is 17.0 Å². The van der Waals surface area contributed by atoms with Crippen molar-refractivity contribution < 1.29 is 18.0 Å². The first-order valence-corrected chi connectivity index (χ1v) is 11.1. The van der Waals surface area contributed by atoms with Crippen LogP contribution in [0.2, 0.25) is 0 Å². The molecule has 1 aromatic carbocycles. The number of hydrogen-bond acceptors (Lipinski definition) is 5. The molecule has 2 amide bonds. The van der Waals surface area contributed by atoms with E-state index in [-0.39, 0.29) is 29.0 Å². The second-order valence-corrected chi connectivity index (χ2v) is 10.5. The van der Waals surface area contributed by atoms with E-state index in [9.17, 15) is 18.0 Å². The van der Waals surface area contributed by atoms with Gasteiger partial charge in [0.25, 0.3) is 10.0 Å². The van der Waals surface area contributed by atoms with Crippen molar-refractivity contribution in [3.05, 3.63) is 46.8 Å². The van der Waals surface area contributed by atoms with E-state index >= 15 is 0 Å². The highest BCUT2D eigenvalue weighted by Gasteiger charge is 2.35. The van der Waals surface area contributed by atoms with E-state index in [0.717, 1.165) is 31.8 Å². The molecule has 2 aromatic rings. The largest absolute Gasteiger partial charge is 0.351 e. The minimum atomic E-state index is -3.47. The van der Waals surface area contributed by atoms with Crippen LogP contribution in [0.25, 0.3) is 0 Å². The molecule has 3 rings (SSSR count). The van der Waals surface area contributed by atoms with Crippen molar-refractivity contribution in [2.75, 3.05) is 25.5 Å². The van der Waals surface area contributed by atoms with E-state index in [1.165, 1.54) is 14.1 Å². The molecule has 1 N–H and O–H groups in total. The number of amides is 2. The minimum absolute atomic E-state index is 0.0699. The van der Waals surface area contributed by atoms with E-state index in [1.807, 2.05) is 31.2 Å². The molecule has 0 unspecified atom stereocenters. The van der Waals surface area contributed by atoms with Crippen molar-refractivity contribution in [3.63, 3.8) is 0 Å². The average molecular weight is 422 g/mol. The molecule has 28 heavy (non-hydrogen) atoms. The van der Waals surface area contributed by atoms with Gasteiger partial charge in [0.1, 0.15) is 4.21 Å². The van der Waals surface area contributed by atoms with Crippen molar-refractivity contribution in [3.8, 4) is 0 Å². The molecule has 7 nitrogen and oxygen atoms in total. The summed E-state index contributed by atoms with van der Waals surface area (Å²) in [5.41, 5.74) is 1.90. The quantitative estimate of drug-likeness (QED) is 0.773. The lowest BCUT2D eigenvalue weighted by atomic mass is 10.1. The summed E-state index contributed by atoms with van der Waals surface area (Å²) in [5.74, 6) is -0.688. The highest BCUT2D eigenvalue weighted by molar-refractivity contribution is 7.91. The number of carbonyl (C=O) groups is 2. The van der Waals surface area contributed by atoms with E-state index < -0.39 is 15.9 Å². The Morgan fingerprint density at radius 2 is 1.89 bits per heavy atom. The van der Waals surface area contributed by atoms with Gasteiger partial charge in [0.15, 0.2) is 0 Å². The van der Waals surface area contributed by atoms with Gasteiger partial charge in [-0.25, -0.2) is 12.7 Å². The lowest BCUT2D eigenvalue weighted by Crippen LogP contribution is -2.32. The molecule has 1 saturated heterocycles. The van der Waals surface area contributed by atoms with Crippen LogP contribution in [0.1, 0.15) is 16.9 Å². The fourth-order valence-corrected chi connectivity index (χ4v) is 5.41. The number of nitrogens with one attached hydrogen (secondary N) is 1. The lowest BCUT2D eigenvalue weighted by Gasteiger charge is -2.17. The predicted octanol–water partition coefficient (Wildman–Crippen LogP) is 1.98. The maximum atomic E-state index is 12.5. The van der Waals surface area contributed by atoms with Crippen LogP contribution >= 0.6 is 11.3 Å². The third kappa shape index (κ3) is 4.26. The zero-order chi connectivity index (χ0) is 20.5. The summed E-state index contributed by atoms with van der Waals surface area (Å²) < 4.78 is 25.6. The number of sulfonamides is 1. The van der Waals surface area contributed by atoms with Crippen LogP contribution in [0, 0.1) is 12.8 Å². The fourth-order valence-electron chi connectivity index (χ4n) is 2.95. The van der Waals surface area contributed by atoms with Crippen LogP contribution < -0.4 is 10.2 Å². The summed E-state index contributed by atoms with van der Waals surface area (Å²) in [6.45, 7) is 2.56. The Balaban J connectivity index is 1.59. The summed E-state index contributed by atoms with van der Waals surface area (Å²) in [6.07, 6.45) is 0.171. The lowest BCUT2D eigenvalue weighted by molar-refractivity contribution is -0.126. The normalized spacial score (nSPS) is 17.4. The minimum Gasteiger partial charge on any atom is -0.351 e. The van der Waals surface area contributed by atoms with Crippen molar-refractivity contribution in [1.82, 2.24) is 9.62 Å². The highest BCUT2D eigenvalue weighted by atomic mass is 32.2. The molecule has 9 heteroatoms. The summed E-state index contributed by atoms with van der Waals surface area (Å²) in [5, 5.41) is 2.82. The Hall–Kier alpha value is -2.23. The summed E-state index contributed by atoms with van der Waals surface area (Å²) >= 11 is 1.13. The van der Waals surface area contributed by atoms with Gasteiger partial charge in [-0.15, -0.1) is 11.3 Å². The number of anilines is 1. The Morgan fingerprint density at radius 3 is 2.54 bits per heavy atom. The van der Waals surface area contributed by atoms with Crippen LogP contribution in [0.5, 0.6) is 0 Å². The molecule has 1 aromatic heterocycles. The Morgan fingerprint density at radius 1 is 1.21 bits per heavy atom. The Bertz CT molecular complexity index is 981. The van der Waals surface area contributed by atoms with Gasteiger partial charge in [-0.05, 0) is 31.2 Å². The van der Waals surface area contributed by atoms with Gasteiger partial charge in [-0.3, -0.25) is 9.59 Å². The standard InChI is InChI=1S/C19H23N3O4S2/c1-13-4-6-15(7-5-13)22-12-14(10-17(22)23)19(24)20-11-16-8-9-18(27-16)28(25,26)21(2)3/h4-9,14H,10-12H2,1-3H3,(H,20,24)/t14-/m0/s1. The molecular formula is C19H23N3O4S2. The van der Waals surface area contributed by atoms with Crippen molar-refractivity contribution in [1.29, 1.82) is 0 Å². The summed E-state index contributed by atoms with van der Waals surface area (Å²) in [4.78, 5) is 27.2. The van der Waals surface area contributed by atoms with Crippen LogP contribution in [0.4, 0.5) is 5.69 Å². The van der Waals surface area contributed by atoms with Crippen LogP contribution in [0.3, 0.4) is 0 Å². The number of rotatable bonds is 6. The molecule has 0 radical (unpaired) electrons. The van der Waals surface area contributed by atoms with Crippen molar-refractivity contribution in [2.24, 2.45) is 5.92 Å². The van der Waals surface area contributed by atoms with Gasteiger partial charge >= 0.3 is 0 Å². The molecule has 0 spiro atoms. The third-order valence-corrected chi connectivity index (χ3v) is 8.02. The van der Waals surface area contributed by atoms with Gasteiger partial charge in [-0.1, -0.05) is 17.7 Å². The maximum Gasteiger partial charge on any atom is 0.252 e. The maximum absolute atomic E-state index is 12.5. The SMILES string of the molecule is Cc1ccc(N2C[C@@H](C(=O)NCc3ccc(S(=O)(=O)N(C)C)s3)CC2=O)cc1. The molecule has 1 aliphatic heterocycles. The molecule has 0 bridgehead atoms. The van der Waals surface area contributed by atoms with Crippen LogP contribution in [-0.2, 0) is 26.2 Å². The third-order valence-electron chi connectivity index (χ3n) is 4.65. The second-order valence-electron chi connectivity index (χ2n) is 6.97. The number of benzene rings is 1. The van der Waals surface area contributed by atoms with E-state index in [2.05, 4.69) is 5.32 Å². The zero-order valence-corrected chi connectivity index (χ0v) is 17.6. The number of aryl methyl sites for hydroxylation is 1. The van der Waals surface area contributed by atoms with E-state index in [0.29, 0.717) is 6.54 Å². The molecule has 1 fully saturated rings. The Labute approximate surface area is 169 Å². The molecule has 2 heterocycles. The van der Waals surface area contributed by atoms with Gasteiger partial charge < -0.3 is 10.2 Å². The highest BCUT2D eigenvalue weighted by Crippen LogP contribution is 2.26. The first kappa shape index (κ1) is 20.5. The van der Waals surface area contributed by atoms with Crippen LogP contribution in [0.15, 0.2) is 40.6 Å². The molecule has 150 valence electrons. The van der Waals surface area contributed by atoms with Crippen LogP contribution in [-0.4, -0.2) is 45.2 Å². The van der Waals surface area contributed by atoms with Crippen molar-refractivity contribution >= 4 is 38.9 Å². The molecule has 1 atom stereocenters. The fraction of sp³-hybridized carbons (Fsp3) is 0.368. The first-order valence-electron chi connectivity index (χ1n) is 8.84. The molecule has 1 aliphatic rings. The number of carbonyl (C=O) groups excluding carboxylic acids is 2. The number of thiophene rings is 1. The van der Waals surface area contributed by atoms with Gasteiger partial charge in [0.05, 0.1) is 12.5 Å². The van der Waals surface area contributed by atoms with Gasteiger partial charge in [-0.2, -0.15) is 0 Å². The average Bonchev–Trinajstić information content (AvgIpc) is 3.27. The molecular weight excluding hydrogens is 398 g/mol. The molecule has 0 aliphatic carbocycles. The summed E-state index contributed by atoms with van der Waals surface area (Å²) in [6, 6.07) is 10.9. The molecule has 0 saturated carbocycles. The summed E-state index contributed by atoms with van der Waals surface area (Å²) in [7, 11) is -0.512. The van der Waals surface area contributed by atoms with Gasteiger partial charge in [0, 0.05) is 37.6 Å². The monoisotopic (exact) mass is 421 g/mol. The van der Waals surface area contributed by atoms with Gasteiger partial charge in [0.2, 0.25) is 11.8 Å². The first-order chi connectivity index (χ1) is 13.2. The van der Waals surface area contributed by atoms with Crippen molar-refractivity contribution in [2.45, 2.75) is 24.1 Å². The smallest absolute Gasteiger partial charge is 0.252 e. The Kier molecular flexibility index (Phi) is 5.87. The topological polar surface area (TPSA) is 86.8 Å². The predicted molar refractivity (Wildman–Crippen MR) is 109 cm³/mol. The number of nitrogens with zero attached hydrogens (tertiary/aromatic N) is 2. The number of hydrogen-bond donors (Lipinski definition) is 1. The second kappa shape index (κ2) is 8.02. The van der Waals surface area contributed by atoms with E-state index in [4.69, 9.17) is 0 Å².